The van der Waals surface area contributed by atoms with Gasteiger partial charge in [-0.05, 0) is 83.2 Å². The summed E-state index contributed by atoms with van der Waals surface area (Å²) in [4.78, 5) is 17.8. The first kappa shape index (κ1) is 20.3. The highest BCUT2D eigenvalue weighted by Crippen LogP contribution is 2.38. The molecule has 0 aliphatic carbocycles. The summed E-state index contributed by atoms with van der Waals surface area (Å²) in [5.41, 5.74) is 1.54. The third-order valence-electron chi connectivity index (χ3n) is 6.34. The lowest BCUT2D eigenvalue weighted by Crippen LogP contribution is -2.53. The molecule has 3 rings (SSSR count). The van der Waals surface area contributed by atoms with Gasteiger partial charge in [0.05, 0.1) is 5.60 Å². The van der Waals surface area contributed by atoms with Crippen molar-refractivity contribution >= 4 is 5.91 Å². The maximum atomic E-state index is 13.2. The van der Waals surface area contributed by atoms with E-state index in [2.05, 4.69) is 22.8 Å². The summed E-state index contributed by atoms with van der Waals surface area (Å²) in [5.74, 6) is 0.174. The number of amides is 1. The number of aliphatic hydroxyl groups is 1. The first-order valence-corrected chi connectivity index (χ1v) is 10.6. The van der Waals surface area contributed by atoms with Gasteiger partial charge in [-0.15, -0.1) is 0 Å². The zero-order valence-electron chi connectivity index (χ0n) is 17.3. The highest BCUT2D eigenvalue weighted by molar-refractivity contribution is 5.94. The van der Waals surface area contributed by atoms with Gasteiger partial charge in [0.25, 0.3) is 5.91 Å². The number of aryl methyl sites for hydroxylation is 1. The molecule has 2 heterocycles. The summed E-state index contributed by atoms with van der Waals surface area (Å²) in [6.07, 6.45) is 6.35. The van der Waals surface area contributed by atoms with Crippen molar-refractivity contribution in [2.24, 2.45) is 5.41 Å². The van der Waals surface area contributed by atoms with Gasteiger partial charge < -0.3 is 14.9 Å². The van der Waals surface area contributed by atoms with E-state index in [1.165, 1.54) is 25.8 Å². The molecule has 2 fully saturated rings. The van der Waals surface area contributed by atoms with Gasteiger partial charge in [0, 0.05) is 30.6 Å². The van der Waals surface area contributed by atoms with Crippen LogP contribution in [0.2, 0.25) is 0 Å². The van der Waals surface area contributed by atoms with E-state index in [9.17, 15) is 9.90 Å². The van der Waals surface area contributed by atoms with Crippen LogP contribution in [-0.4, -0.2) is 59.1 Å². The van der Waals surface area contributed by atoms with E-state index >= 15 is 0 Å². The van der Waals surface area contributed by atoms with E-state index < -0.39 is 5.60 Å². The minimum absolute atomic E-state index is 0.174. The summed E-state index contributed by atoms with van der Waals surface area (Å²) in [7, 11) is 0. The van der Waals surface area contributed by atoms with Crippen LogP contribution >= 0.6 is 0 Å². The highest BCUT2D eigenvalue weighted by Gasteiger charge is 2.40. The van der Waals surface area contributed by atoms with Crippen LogP contribution in [0.4, 0.5) is 0 Å². The SMILES string of the molecule is CCN1CCCC2(CCCN(C(=O)c3cccc(CCC(C)(C)O)c3)C2)C1. The van der Waals surface area contributed by atoms with Crippen molar-refractivity contribution in [2.75, 3.05) is 32.7 Å². The van der Waals surface area contributed by atoms with Gasteiger partial charge in [-0.2, -0.15) is 0 Å². The van der Waals surface area contributed by atoms with Crippen LogP contribution < -0.4 is 0 Å². The Bertz CT molecular complexity index is 648. The number of piperidine rings is 2. The van der Waals surface area contributed by atoms with Crippen molar-refractivity contribution in [1.82, 2.24) is 9.80 Å². The number of benzene rings is 1. The lowest BCUT2D eigenvalue weighted by molar-refractivity contribution is 0.0152. The Morgan fingerprint density at radius 3 is 2.63 bits per heavy atom. The van der Waals surface area contributed by atoms with Crippen LogP contribution in [0.15, 0.2) is 24.3 Å². The Balaban J connectivity index is 1.68. The van der Waals surface area contributed by atoms with E-state index in [4.69, 9.17) is 0 Å². The number of hydrogen-bond acceptors (Lipinski definition) is 3. The maximum absolute atomic E-state index is 13.2. The number of hydrogen-bond donors (Lipinski definition) is 1. The predicted octanol–water partition coefficient (Wildman–Crippen LogP) is 3.73. The van der Waals surface area contributed by atoms with Crippen LogP contribution in [0.3, 0.4) is 0 Å². The molecule has 150 valence electrons. The normalized spacial score (nSPS) is 24.4. The van der Waals surface area contributed by atoms with Gasteiger partial charge in [-0.3, -0.25) is 4.79 Å². The average Bonchev–Trinajstić information content (AvgIpc) is 2.65. The lowest BCUT2D eigenvalue weighted by Gasteiger charge is -2.48. The molecule has 2 saturated heterocycles. The number of rotatable bonds is 5. The number of carbonyl (C=O) groups is 1. The molecule has 1 atom stereocenters. The Labute approximate surface area is 164 Å². The molecule has 1 unspecified atom stereocenters. The summed E-state index contributed by atoms with van der Waals surface area (Å²) in [6, 6.07) is 8.00. The first-order valence-electron chi connectivity index (χ1n) is 10.6. The minimum atomic E-state index is -0.675. The zero-order chi connectivity index (χ0) is 19.5. The first-order chi connectivity index (χ1) is 12.8. The largest absolute Gasteiger partial charge is 0.390 e. The summed E-state index contributed by atoms with van der Waals surface area (Å²) in [6.45, 7) is 11.1. The van der Waals surface area contributed by atoms with Crippen LogP contribution in [0.5, 0.6) is 0 Å². The van der Waals surface area contributed by atoms with E-state index in [0.717, 1.165) is 50.1 Å². The predicted molar refractivity (Wildman–Crippen MR) is 110 cm³/mol. The van der Waals surface area contributed by atoms with E-state index in [1.54, 1.807) is 0 Å². The average molecular weight is 373 g/mol. The van der Waals surface area contributed by atoms with Gasteiger partial charge in [-0.25, -0.2) is 0 Å². The van der Waals surface area contributed by atoms with Crippen molar-refractivity contribution in [3.63, 3.8) is 0 Å². The fourth-order valence-electron chi connectivity index (χ4n) is 4.79. The van der Waals surface area contributed by atoms with Crippen LogP contribution in [0, 0.1) is 5.41 Å². The summed E-state index contributed by atoms with van der Waals surface area (Å²) >= 11 is 0. The van der Waals surface area contributed by atoms with Crippen molar-refractivity contribution in [3.8, 4) is 0 Å². The number of carbonyl (C=O) groups excluding carboxylic acids is 1. The quantitative estimate of drug-likeness (QED) is 0.856. The second kappa shape index (κ2) is 8.32. The molecule has 2 aliphatic heterocycles. The fourth-order valence-corrected chi connectivity index (χ4v) is 4.79. The molecule has 0 aromatic heterocycles. The molecule has 0 radical (unpaired) electrons. The monoisotopic (exact) mass is 372 g/mol. The summed E-state index contributed by atoms with van der Waals surface area (Å²) < 4.78 is 0. The van der Waals surface area contributed by atoms with Gasteiger partial charge in [-0.1, -0.05) is 19.1 Å². The third-order valence-corrected chi connectivity index (χ3v) is 6.34. The van der Waals surface area contributed by atoms with Gasteiger partial charge >= 0.3 is 0 Å². The third kappa shape index (κ3) is 5.32. The topological polar surface area (TPSA) is 43.8 Å². The fraction of sp³-hybridized carbons (Fsp3) is 0.696. The molecular weight excluding hydrogens is 336 g/mol. The van der Waals surface area contributed by atoms with Crippen molar-refractivity contribution in [2.45, 2.75) is 64.9 Å². The maximum Gasteiger partial charge on any atom is 0.253 e. The molecule has 1 amide bonds. The molecular formula is C23H36N2O2. The Hall–Kier alpha value is -1.39. The van der Waals surface area contributed by atoms with Gasteiger partial charge in [0.1, 0.15) is 0 Å². The van der Waals surface area contributed by atoms with E-state index in [0.29, 0.717) is 11.8 Å². The standard InChI is InChI=1S/C23H36N2O2/c1-4-24-14-6-11-23(17-24)12-7-15-25(18-23)21(26)20-9-5-8-19(16-20)10-13-22(2,3)27/h5,8-9,16,27H,4,6-7,10-15,17-18H2,1-3H3. The van der Waals surface area contributed by atoms with Crippen molar-refractivity contribution in [1.29, 1.82) is 0 Å². The van der Waals surface area contributed by atoms with Gasteiger partial charge in [0.15, 0.2) is 0 Å². The van der Waals surface area contributed by atoms with Crippen LogP contribution in [-0.2, 0) is 6.42 Å². The van der Waals surface area contributed by atoms with Crippen LogP contribution in [0.1, 0.15) is 68.8 Å². The van der Waals surface area contributed by atoms with Gasteiger partial charge in [0.2, 0.25) is 0 Å². The number of nitrogens with zero attached hydrogens (tertiary/aromatic N) is 2. The van der Waals surface area contributed by atoms with Crippen LogP contribution in [0.25, 0.3) is 0 Å². The molecule has 1 N–H and O–H groups in total. The molecule has 27 heavy (non-hydrogen) atoms. The molecule has 4 heteroatoms. The molecule has 2 aliphatic rings. The Morgan fingerprint density at radius 2 is 1.93 bits per heavy atom. The molecule has 4 nitrogen and oxygen atoms in total. The Morgan fingerprint density at radius 1 is 1.19 bits per heavy atom. The Kier molecular flexibility index (Phi) is 6.27. The zero-order valence-corrected chi connectivity index (χ0v) is 17.3. The van der Waals surface area contributed by atoms with Crippen molar-refractivity contribution < 1.29 is 9.90 Å². The molecule has 0 saturated carbocycles. The lowest BCUT2D eigenvalue weighted by atomic mass is 9.73. The van der Waals surface area contributed by atoms with Crippen molar-refractivity contribution in [3.05, 3.63) is 35.4 Å². The van der Waals surface area contributed by atoms with E-state index in [-0.39, 0.29) is 5.91 Å². The van der Waals surface area contributed by atoms with E-state index in [1.807, 2.05) is 32.0 Å². The number of likely N-dealkylation sites (tertiary alicyclic amines) is 2. The smallest absolute Gasteiger partial charge is 0.253 e. The minimum Gasteiger partial charge on any atom is -0.390 e. The molecule has 1 aromatic carbocycles. The second-order valence-electron chi connectivity index (χ2n) is 9.32. The summed E-state index contributed by atoms with van der Waals surface area (Å²) in [5, 5.41) is 9.96. The molecule has 1 spiro atoms. The molecule has 0 bridgehead atoms. The molecule has 1 aromatic rings. The highest BCUT2D eigenvalue weighted by atomic mass is 16.3. The second-order valence-corrected chi connectivity index (χ2v) is 9.32.